The first kappa shape index (κ1) is 17.9. The number of hydrogen-bond donors (Lipinski definition) is 1. The first-order valence-corrected chi connectivity index (χ1v) is 6.94. The summed E-state index contributed by atoms with van der Waals surface area (Å²) < 4.78 is 71.7. The van der Waals surface area contributed by atoms with Gasteiger partial charge in [0.25, 0.3) is 0 Å². The molecule has 0 unspecified atom stereocenters. The third-order valence-corrected chi connectivity index (χ3v) is 3.16. The fraction of sp³-hybridized carbons (Fsp3) is 0.333. The Labute approximate surface area is 133 Å². The van der Waals surface area contributed by atoms with Crippen LogP contribution in [0.15, 0.2) is 10.6 Å². The van der Waals surface area contributed by atoms with Gasteiger partial charge in [0, 0.05) is 6.21 Å². The number of hydrogen-bond acceptors (Lipinski definition) is 4. The summed E-state index contributed by atoms with van der Waals surface area (Å²) in [6.07, 6.45) is 2.24. The molecular weight excluding hydrogens is 337 g/mol. The summed E-state index contributed by atoms with van der Waals surface area (Å²) >= 11 is 0. The molecule has 0 aliphatic heterocycles. The van der Waals surface area contributed by atoms with Crippen molar-refractivity contribution in [2.45, 2.75) is 25.8 Å². The van der Waals surface area contributed by atoms with E-state index in [1.54, 1.807) is 0 Å². The Hall–Kier alpha value is -2.45. The summed E-state index contributed by atoms with van der Waals surface area (Å²) in [7, 11) is 0. The molecule has 9 heteroatoms. The molecule has 1 N–H and O–H groups in total. The number of aliphatic imine (C=N–C) groups is 1. The lowest BCUT2D eigenvalue weighted by atomic mass is 10.1. The quantitative estimate of drug-likeness (QED) is 0.168. The minimum Gasteiger partial charge on any atom is -0.506 e. The summed E-state index contributed by atoms with van der Waals surface area (Å²) in [6, 6.07) is -0.126. The van der Waals surface area contributed by atoms with Crippen molar-refractivity contribution >= 4 is 17.9 Å². The van der Waals surface area contributed by atoms with Crippen LogP contribution in [0.5, 0.6) is 0 Å². The van der Waals surface area contributed by atoms with Gasteiger partial charge in [-0.05, 0) is 19.8 Å². The number of aliphatic hydroxyl groups is 1. The fourth-order valence-electron chi connectivity index (χ4n) is 1.77. The normalized spacial score (nSPS) is 15.6. The van der Waals surface area contributed by atoms with Crippen LogP contribution in [0.2, 0.25) is 0 Å². The van der Waals surface area contributed by atoms with E-state index in [0.29, 0.717) is 0 Å². The summed E-state index contributed by atoms with van der Waals surface area (Å²) in [4.78, 5) is 15.7. The number of benzene rings is 1. The molecule has 0 heterocycles. The first-order valence-electron chi connectivity index (χ1n) is 6.94. The molecule has 130 valence electrons. The van der Waals surface area contributed by atoms with E-state index in [4.69, 9.17) is 0 Å². The van der Waals surface area contributed by atoms with Crippen LogP contribution in [-0.4, -0.2) is 29.9 Å². The smallest absolute Gasteiger partial charge is 0.343 e. The van der Waals surface area contributed by atoms with Crippen molar-refractivity contribution in [3.05, 3.63) is 40.2 Å². The molecule has 1 saturated carbocycles. The average molecular weight is 349 g/mol. The maximum atomic E-state index is 13.8. The van der Waals surface area contributed by atoms with E-state index < -0.39 is 52.0 Å². The van der Waals surface area contributed by atoms with Gasteiger partial charge in [0.1, 0.15) is 11.3 Å². The van der Waals surface area contributed by atoms with E-state index in [-0.39, 0.29) is 12.6 Å². The number of carbonyl (C=O) groups excluding carboxylic acids is 1. The van der Waals surface area contributed by atoms with E-state index in [1.165, 1.54) is 6.92 Å². The molecule has 0 saturated heterocycles. The molecule has 0 amide bonds. The monoisotopic (exact) mass is 349 g/mol. The third-order valence-electron chi connectivity index (χ3n) is 3.16. The Morgan fingerprint density at radius 3 is 2.08 bits per heavy atom. The molecule has 0 bridgehead atoms. The van der Waals surface area contributed by atoms with E-state index >= 15 is 0 Å². The largest absolute Gasteiger partial charge is 0.506 e. The minimum atomic E-state index is -2.37. The second kappa shape index (κ2) is 6.98. The number of ether oxygens (including phenoxy) is 1. The van der Waals surface area contributed by atoms with Crippen molar-refractivity contribution in [3.8, 4) is 0 Å². The maximum Gasteiger partial charge on any atom is 0.343 e. The predicted octanol–water partition coefficient (Wildman–Crippen LogP) is 3.45. The first-order chi connectivity index (χ1) is 11.3. The molecule has 24 heavy (non-hydrogen) atoms. The SMILES string of the molecule is CCOC(=O)/C(C=NC1CC1)=C(\O)c1c(F)c(F)c(F)c(F)c1F. The highest BCUT2D eigenvalue weighted by atomic mass is 19.2. The van der Waals surface area contributed by atoms with Gasteiger partial charge in [-0.3, -0.25) is 4.99 Å². The zero-order valence-corrected chi connectivity index (χ0v) is 12.4. The van der Waals surface area contributed by atoms with E-state index in [0.717, 1.165) is 19.1 Å². The van der Waals surface area contributed by atoms with Crippen LogP contribution in [-0.2, 0) is 9.53 Å². The van der Waals surface area contributed by atoms with Crippen molar-refractivity contribution in [2.24, 2.45) is 4.99 Å². The lowest BCUT2D eigenvalue weighted by Gasteiger charge is -2.10. The number of rotatable bonds is 5. The van der Waals surface area contributed by atoms with Gasteiger partial charge in [-0.15, -0.1) is 0 Å². The number of carbonyl (C=O) groups is 1. The standard InChI is InChI=1S/C15H12F5NO3/c1-2-24-15(23)7(5-21-6-3-4-6)14(22)8-9(16)11(18)13(20)12(19)10(8)17/h5-6,22H,2-4H2,1H3/b14-7-,21-5?. The summed E-state index contributed by atoms with van der Waals surface area (Å²) in [6.45, 7) is 1.30. The highest BCUT2D eigenvalue weighted by molar-refractivity contribution is 6.15. The third kappa shape index (κ3) is 3.39. The van der Waals surface area contributed by atoms with Crippen LogP contribution in [0.1, 0.15) is 25.3 Å². The molecule has 1 aliphatic rings. The molecular formula is C15H12F5NO3. The van der Waals surface area contributed by atoms with Gasteiger partial charge in [-0.1, -0.05) is 0 Å². The highest BCUT2D eigenvalue weighted by Crippen LogP contribution is 2.29. The van der Waals surface area contributed by atoms with Gasteiger partial charge in [0.2, 0.25) is 5.82 Å². The van der Waals surface area contributed by atoms with Crippen molar-refractivity contribution in [1.82, 2.24) is 0 Å². The lowest BCUT2D eigenvalue weighted by molar-refractivity contribution is -0.137. The zero-order valence-electron chi connectivity index (χ0n) is 12.4. The van der Waals surface area contributed by atoms with E-state index in [2.05, 4.69) is 9.73 Å². The minimum absolute atomic E-state index is 0.126. The Kier molecular flexibility index (Phi) is 5.20. The van der Waals surface area contributed by atoms with Crippen LogP contribution in [0.4, 0.5) is 22.0 Å². The van der Waals surface area contributed by atoms with Crippen LogP contribution in [0, 0.1) is 29.1 Å². The van der Waals surface area contributed by atoms with Gasteiger partial charge in [0.05, 0.1) is 18.2 Å². The van der Waals surface area contributed by atoms with Crippen LogP contribution in [0.3, 0.4) is 0 Å². The number of esters is 1. The molecule has 1 aromatic rings. The van der Waals surface area contributed by atoms with Crippen molar-refractivity contribution in [2.75, 3.05) is 6.61 Å². The fourth-order valence-corrected chi connectivity index (χ4v) is 1.77. The maximum absolute atomic E-state index is 13.8. The number of aliphatic hydroxyl groups excluding tert-OH is 1. The average Bonchev–Trinajstić information content (AvgIpc) is 3.36. The summed E-state index contributed by atoms with van der Waals surface area (Å²) in [5.74, 6) is -14.0. The van der Waals surface area contributed by atoms with Crippen LogP contribution < -0.4 is 0 Å². The molecule has 1 aliphatic carbocycles. The second-order valence-electron chi connectivity index (χ2n) is 4.94. The number of nitrogens with zero attached hydrogens (tertiary/aromatic N) is 1. The van der Waals surface area contributed by atoms with Gasteiger partial charge in [-0.2, -0.15) is 0 Å². The predicted molar refractivity (Wildman–Crippen MR) is 73.9 cm³/mol. The molecule has 0 radical (unpaired) electrons. The molecule has 4 nitrogen and oxygen atoms in total. The van der Waals surface area contributed by atoms with Gasteiger partial charge in [0.15, 0.2) is 23.3 Å². The lowest BCUT2D eigenvalue weighted by Crippen LogP contribution is -2.14. The molecule has 0 aromatic heterocycles. The molecule has 1 fully saturated rings. The Morgan fingerprint density at radius 1 is 1.12 bits per heavy atom. The molecule has 0 atom stereocenters. The van der Waals surface area contributed by atoms with Gasteiger partial charge >= 0.3 is 5.97 Å². The number of halogens is 5. The topological polar surface area (TPSA) is 58.9 Å². The van der Waals surface area contributed by atoms with Crippen LogP contribution >= 0.6 is 0 Å². The van der Waals surface area contributed by atoms with Crippen molar-refractivity contribution in [3.63, 3.8) is 0 Å². The molecule has 0 spiro atoms. The van der Waals surface area contributed by atoms with Crippen molar-refractivity contribution in [1.29, 1.82) is 0 Å². The van der Waals surface area contributed by atoms with Crippen molar-refractivity contribution < 1.29 is 36.6 Å². The highest BCUT2D eigenvalue weighted by Gasteiger charge is 2.31. The van der Waals surface area contributed by atoms with Crippen LogP contribution in [0.25, 0.3) is 5.76 Å². The second-order valence-corrected chi connectivity index (χ2v) is 4.94. The van der Waals surface area contributed by atoms with Gasteiger partial charge in [-0.25, -0.2) is 26.7 Å². The zero-order chi connectivity index (χ0) is 18.0. The summed E-state index contributed by atoms with van der Waals surface area (Å²) in [5.41, 5.74) is -2.41. The Bertz CT molecular complexity index is 712. The Morgan fingerprint density at radius 2 is 1.62 bits per heavy atom. The Balaban J connectivity index is 2.64. The molecule has 2 rings (SSSR count). The summed E-state index contributed by atoms with van der Waals surface area (Å²) in [5, 5.41) is 9.96. The molecule has 1 aromatic carbocycles. The van der Waals surface area contributed by atoms with E-state index in [1.807, 2.05) is 0 Å². The van der Waals surface area contributed by atoms with E-state index in [9.17, 15) is 31.9 Å². The van der Waals surface area contributed by atoms with Gasteiger partial charge < -0.3 is 9.84 Å².